The third-order valence-electron chi connectivity index (χ3n) is 5.44. The van der Waals surface area contributed by atoms with Crippen molar-refractivity contribution in [1.29, 1.82) is 0 Å². The summed E-state index contributed by atoms with van der Waals surface area (Å²) < 4.78 is 7.66. The second-order valence-corrected chi connectivity index (χ2v) is 7.46. The highest BCUT2D eigenvalue weighted by molar-refractivity contribution is 6.00. The van der Waals surface area contributed by atoms with Gasteiger partial charge in [-0.2, -0.15) is 5.10 Å². The highest BCUT2D eigenvalue weighted by atomic mass is 16.5. The van der Waals surface area contributed by atoms with E-state index in [1.165, 1.54) is 4.90 Å². The Labute approximate surface area is 163 Å². The lowest BCUT2D eigenvalue weighted by Gasteiger charge is -2.23. The molecule has 0 bridgehead atoms. The SMILES string of the molecule is CCCC1(C)OCc2cnc(C(=O)N[C@H]3CCn4nccc4N(C)C3=O)nc21. The summed E-state index contributed by atoms with van der Waals surface area (Å²) in [6.45, 7) is 5.06. The molecule has 0 fully saturated rings. The normalized spacial score (nSPS) is 23.9. The van der Waals surface area contributed by atoms with E-state index < -0.39 is 17.6 Å². The van der Waals surface area contributed by atoms with Gasteiger partial charge in [-0.05, 0) is 19.8 Å². The number of hydrogen-bond acceptors (Lipinski definition) is 6. The summed E-state index contributed by atoms with van der Waals surface area (Å²) >= 11 is 0. The van der Waals surface area contributed by atoms with Crippen LogP contribution in [0.25, 0.3) is 0 Å². The van der Waals surface area contributed by atoms with Crippen LogP contribution in [0.5, 0.6) is 0 Å². The number of ether oxygens (including phenoxy) is 1. The number of aromatic nitrogens is 4. The van der Waals surface area contributed by atoms with Gasteiger partial charge in [-0.1, -0.05) is 13.3 Å². The number of carbonyl (C=O) groups is 2. The first-order valence-electron chi connectivity index (χ1n) is 9.53. The van der Waals surface area contributed by atoms with Crippen LogP contribution < -0.4 is 10.2 Å². The Morgan fingerprint density at radius 2 is 2.29 bits per heavy atom. The summed E-state index contributed by atoms with van der Waals surface area (Å²) in [6, 6.07) is 1.12. The molecule has 148 valence electrons. The molecule has 1 N–H and O–H groups in total. The maximum absolute atomic E-state index is 12.8. The third-order valence-corrected chi connectivity index (χ3v) is 5.44. The van der Waals surface area contributed by atoms with Gasteiger partial charge in [0.2, 0.25) is 5.82 Å². The summed E-state index contributed by atoms with van der Waals surface area (Å²) in [7, 11) is 1.68. The lowest BCUT2D eigenvalue weighted by Crippen LogP contribution is -2.47. The van der Waals surface area contributed by atoms with E-state index in [4.69, 9.17) is 4.74 Å². The van der Waals surface area contributed by atoms with Crippen molar-refractivity contribution in [3.05, 3.63) is 35.5 Å². The Kier molecular flexibility index (Phi) is 4.62. The molecule has 9 heteroatoms. The van der Waals surface area contributed by atoms with Gasteiger partial charge in [-0.15, -0.1) is 0 Å². The fraction of sp³-hybridized carbons (Fsp3) is 0.526. The second-order valence-electron chi connectivity index (χ2n) is 7.46. The molecule has 2 aromatic heterocycles. The van der Waals surface area contributed by atoms with Crippen LogP contribution in [0.2, 0.25) is 0 Å². The van der Waals surface area contributed by atoms with Crippen LogP contribution in [0.4, 0.5) is 5.82 Å². The molecule has 0 aliphatic carbocycles. The second kappa shape index (κ2) is 6.97. The van der Waals surface area contributed by atoms with Crippen molar-refractivity contribution < 1.29 is 14.3 Å². The van der Waals surface area contributed by atoms with Crippen LogP contribution in [0.3, 0.4) is 0 Å². The van der Waals surface area contributed by atoms with Gasteiger partial charge in [-0.25, -0.2) is 14.6 Å². The predicted molar refractivity (Wildman–Crippen MR) is 101 cm³/mol. The first kappa shape index (κ1) is 18.5. The highest BCUT2D eigenvalue weighted by Gasteiger charge is 2.38. The van der Waals surface area contributed by atoms with E-state index in [0.717, 1.165) is 24.1 Å². The fourth-order valence-electron chi connectivity index (χ4n) is 3.91. The topological polar surface area (TPSA) is 102 Å². The number of anilines is 1. The molecule has 9 nitrogen and oxygen atoms in total. The number of amides is 2. The fourth-order valence-corrected chi connectivity index (χ4v) is 3.91. The summed E-state index contributed by atoms with van der Waals surface area (Å²) in [5.41, 5.74) is 1.16. The minimum Gasteiger partial charge on any atom is -0.364 e. The summed E-state index contributed by atoms with van der Waals surface area (Å²) in [6.07, 6.45) is 5.51. The maximum Gasteiger partial charge on any atom is 0.289 e. The van der Waals surface area contributed by atoms with Gasteiger partial charge in [0.05, 0.1) is 18.5 Å². The van der Waals surface area contributed by atoms with Gasteiger partial charge in [0.25, 0.3) is 11.8 Å². The molecule has 4 rings (SSSR count). The van der Waals surface area contributed by atoms with E-state index in [-0.39, 0.29) is 11.7 Å². The van der Waals surface area contributed by atoms with Gasteiger partial charge in [0.1, 0.15) is 17.5 Å². The zero-order valence-corrected chi connectivity index (χ0v) is 16.3. The van der Waals surface area contributed by atoms with Crippen LogP contribution >= 0.6 is 0 Å². The Balaban J connectivity index is 1.53. The smallest absolute Gasteiger partial charge is 0.289 e. The van der Waals surface area contributed by atoms with Gasteiger partial charge in [0.15, 0.2) is 0 Å². The zero-order chi connectivity index (χ0) is 19.9. The van der Waals surface area contributed by atoms with Gasteiger partial charge in [-0.3, -0.25) is 14.5 Å². The van der Waals surface area contributed by atoms with E-state index in [1.54, 1.807) is 30.2 Å². The Morgan fingerprint density at radius 1 is 1.46 bits per heavy atom. The minimum atomic E-state index is -0.658. The standard InChI is InChI=1S/C19H24N6O3/c1-4-7-19(2)15-12(11-28-19)10-20-16(23-15)17(26)22-13-6-9-25-14(5-8-21-25)24(3)18(13)27/h5,8,10,13H,4,6-7,9,11H2,1-3H3,(H,22,26)/t13-,19?/m0/s1. The number of hydrogen-bond donors (Lipinski definition) is 1. The molecule has 28 heavy (non-hydrogen) atoms. The maximum atomic E-state index is 12.8. The number of fused-ring (bicyclic) bond motifs is 2. The summed E-state index contributed by atoms with van der Waals surface area (Å²) in [4.78, 5) is 35.7. The van der Waals surface area contributed by atoms with Crippen LogP contribution in [0.1, 0.15) is 55.0 Å². The number of nitrogens with zero attached hydrogens (tertiary/aromatic N) is 5. The molecule has 0 spiro atoms. The first-order chi connectivity index (χ1) is 13.4. The van der Waals surface area contributed by atoms with Crippen LogP contribution in [-0.4, -0.2) is 44.7 Å². The van der Waals surface area contributed by atoms with Crippen molar-refractivity contribution >= 4 is 17.6 Å². The van der Waals surface area contributed by atoms with Crippen molar-refractivity contribution in [2.45, 2.75) is 57.9 Å². The molecule has 2 atom stereocenters. The Hall–Kier alpha value is -2.81. The monoisotopic (exact) mass is 384 g/mol. The van der Waals surface area contributed by atoms with E-state index in [2.05, 4.69) is 27.3 Å². The third kappa shape index (κ3) is 3.05. The molecular weight excluding hydrogens is 360 g/mol. The van der Waals surface area contributed by atoms with E-state index >= 15 is 0 Å². The van der Waals surface area contributed by atoms with E-state index in [0.29, 0.717) is 25.4 Å². The van der Waals surface area contributed by atoms with E-state index in [9.17, 15) is 9.59 Å². The van der Waals surface area contributed by atoms with Crippen LogP contribution in [0.15, 0.2) is 18.5 Å². The molecule has 2 aliphatic heterocycles. The molecule has 0 saturated carbocycles. The Morgan fingerprint density at radius 3 is 3.07 bits per heavy atom. The predicted octanol–water partition coefficient (Wildman–Crippen LogP) is 1.38. The number of carbonyl (C=O) groups excluding carboxylic acids is 2. The average molecular weight is 384 g/mol. The lowest BCUT2D eigenvalue weighted by atomic mass is 9.95. The lowest BCUT2D eigenvalue weighted by molar-refractivity contribution is -0.120. The molecule has 0 radical (unpaired) electrons. The molecule has 2 aliphatic rings. The average Bonchev–Trinajstić information content (AvgIpc) is 3.26. The van der Waals surface area contributed by atoms with Gasteiger partial charge < -0.3 is 10.1 Å². The Bertz CT molecular complexity index is 922. The van der Waals surface area contributed by atoms with Crippen molar-refractivity contribution in [3.63, 3.8) is 0 Å². The summed E-state index contributed by atoms with van der Waals surface area (Å²) in [5, 5.41) is 7.01. The molecule has 2 aromatic rings. The minimum absolute atomic E-state index is 0.0593. The van der Waals surface area contributed by atoms with E-state index in [1.807, 2.05) is 6.92 Å². The number of likely N-dealkylation sites (N-methyl/N-ethyl adjacent to an activating group) is 1. The summed E-state index contributed by atoms with van der Waals surface area (Å²) in [5.74, 6) is 0.125. The van der Waals surface area contributed by atoms with Crippen LogP contribution in [0, 0.1) is 0 Å². The molecule has 0 aromatic carbocycles. The molecule has 1 unspecified atom stereocenters. The number of aryl methyl sites for hydroxylation is 1. The molecule has 4 heterocycles. The number of rotatable bonds is 4. The highest BCUT2D eigenvalue weighted by Crippen LogP contribution is 2.38. The molecular formula is C19H24N6O3. The number of nitrogens with one attached hydrogen (secondary N) is 1. The van der Waals surface area contributed by atoms with Crippen LogP contribution in [-0.2, 0) is 28.3 Å². The largest absolute Gasteiger partial charge is 0.364 e. The van der Waals surface area contributed by atoms with Crippen molar-refractivity contribution in [2.75, 3.05) is 11.9 Å². The molecule has 0 saturated heterocycles. The first-order valence-corrected chi connectivity index (χ1v) is 9.53. The van der Waals surface area contributed by atoms with Crippen molar-refractivity contribution in [1.82, 2.24) is 25.1 Å². The molecule has 2 amide bonds. The van der Waals surface area contributed by atoms with Gasteiger partial charge in [0, 0.05) is 31.4 Å². The van der Waals surface area contributed by atoms with Crippen molar-refractivity contribution in [3.8, 4) is 0 Å². The van der Waals surface area contributed by atoms with Crippen molar-refractivity contribution in [2.24, 2.45) is 0 Å². The zero-order valence-electron chi connectivity index (χ0n) is 16.3. The van der Waals surface area contributed by atoms with Gasteiger partial charge >= 0.3 is 0 Å². The quantitative estimate of drug-likeness (QED) is 0.854.